The van der Waals surface area contributed by atoms with Gasteiger partial charge in [0.05, 0.1) is 12.6 Å². The molecule has 0 saturated carbocycles. The van der Waals surface area contributed by atoms with Gasteiger partial charge in [-0.1, -0.05) is 6.92 Å². The molecule has 16 heavy (non-hydrogen) atoms. The normalized spacial score (nSPS) is 18.9. The van der Waals surface area contributed by atoms with E-state index in [1.807, 2.05) is 23.6 Å². The van der Waals surface area contributed by atoms with E-state index < -0.39 is 0 Å². The van der Waals surface area contributed by atoms with Crippen molar-refractivity contribution in [3.8, 4) is 0 Å². The van der Waals surface area contributed by atoms with E-state index in [4.69, 9.17) is 5.11 Å². The van der Waals surface area contributed by atoms with Crippen molar-refractivity contribution in [3.63, 3.8) is 0 Å². The number of amides is 1. The van der Waals surface area contributed by atoms with E-state index in [-0.39, 0.29) is 18.6 Å². The Bertz CT molecular complexity index is 215. The Morgan fingerprint density at radius 3 is 2.50 bits per heavy atom. The number of likely N-dealkylation sites (tertiary alicyclic amines) is 1. The molecule has 0 bridgehead atoms. The van der Waals surface area contributed by atoms with E-state index in [1.54, 1.807) is 0 Å². The molecule has 1 fully saturated rings. The Kier molecular flexibility index (Phi) is 5.77. The van der Waals surface area contributed by atoms with Gasteiger partial charge in [-0.15, -0.1) is 0 Å². The quantitative estimate of drug-likeness (QED) is 0.753. The van der Waals surface area contributed by atoms with Gasteiger partial charge in [0.2, 0.25) is 5.91 Å². The van der Waals surface area contributed by atoms with Crippen LogP contribution < -0.4 is 0 Å². The summed E-state index contributed by atoms with van der Waals surface area (Å²) in [7, 11) is 0. The third-order valence-corrected chi connectivity index (χ3v) is 3.37. The van der Waals surface area contributed by atoms with Crippen molar-refractivity contribution < 1.29 is 9.90 Å². The van der Waals surface area contributed by atoms with Crippen molar-refractivity contribution in [2.75, 3.05) is 32.8 Å². The van der Waals surface area contributed by atoms with Gasteiger partial charge >= 0.3 is 0 Å². The van der Waals surface area contributed by atoms with Crippen LogP contribution in [0.15, 0.2) is 0 Å². The summed E-state index contributed by atoms with van der Waals surface area (Å²) in [6.07, 6.45) is 3.50. The number of nitrogens with zero attached hydrogens (tertiary/aromatic N) is 2. The number of carbonyl (C=O) groups excluding carboxylic acids is 1. The molecule has 0 aromatic heterocycles. The molecular weight excluding hydrogens is 204 g/mol. The second-order valence-corrected chi connectivity index (χ2v) is 4.41. The summed E-state index contributed by atoms with van der Waals surface area (Å²) in [4.78, 5) is 16.2. The van der Waals surface area contributed by atoms with Crippen LogP contribution in [0.4, 0.5) is 0 Å². The minimum absolute atomic E-state index is 0.102. The van der Waals surface area contributed by atoms with Crippen LogP contribution in [0.5, 0.6) is 0 Å². The highest BCUT2D eigenvalue weighted by Gasteiger charge is 2.25. The monoisotopic (exact) mass is 228 g/mol. The Morgan fingerprint density at radius 2 is 2.00 bits per heavy atom. The molecule has 0 aliphatic carbocycles. The van der Waals surface area contributed by atoms with Crippen LogP contribution in [-0.2, 0) is 4.79 Å². The highest BCUT2D eigenvalue weighted by Crippen LogP contribution is 2.12. The Hall–Kier alpha value is -0.610. The highest BCUT2D eigenvalue weighted by atomic mass is 16.3. The summed E-state index contributed by atoms with van der Waals surface area (Å²) < 4.78 is 0. The molecule has 1 amide bonds. The zero-order chi connectivity index (χ0) is 12.0. The van der Waals surface area contributed by atoms with E-state index in [0.29, 0.717) is 6.54 Å². The second-order valence-electron chi connectivity index (χ2n) is 4.41. The summed E-state index contributed by atoms with van der Waals surface area (Å²) in [6.45, 7) is 7.27. The molecule has 0 spiro atoms. The van der Waals surface area contributed by atoms with Crippen molar-refractivity contribution >= 4 is 5.91 Å². The lowest BCUT2D eigenvalue weighted by Gasteiger charge is -2.33. The molecule has 1 aliphatic rings. The van der Waals surface area contributed by atoms with E-state index >= 15 is 0 Å². The van der Waals surface area contributed by atoms with Gasteiger partial charge in [-0.25, -0.2) is 0 Å². The van der Waals surface area contributed by atoms with Crippen molar-refractivity contribution in [2.45, 2.75) is 39.2 Å². The van der Waals surface area contributed by atoms with Gasteiger partial charge < -0.3 is 10.0 Å². The topological polar surface area (TPSA) is 43.8 Å². The van der Waals surface area contributed by atoms with Gasteiger partial charge in [0.1, 0.15) is 0 Å². The summed E-state index contributed by atoms with van der Waals surface area (Å²) >= 11 is 0. The summed E-state index contributed by atoms with van der Waals surface area (Å²) in [5.41, 5.74) is 0. The van der Waals surface area contributed by atoms with Crippen molar-refractivity contribution in [2.24, 2.45) is 0 Å². The van der Waals surface area contributed by atoms with Gasteiger partial charge in [-0.05, 0) is 32.7 Å². The largest absolute Gasteiger partial charge is 0.395 e. The van der Waals surface area contributed by atoms with Crippen molar-refractivity contribution in [3.05, 3.63) is 0 Å². The first kappa shape index (κ1) is 13.5. The molecule has 1 heterocycles. The van der Waals surface area contributed by atoms with Crippen molar-refractivity contribution in [1.82, 2.24) is 9.80 Å². The zero-order valence-corrected chi connectivity index (χ0v) is 10.5. The standard InChI is InChI=1S/C12H24N2O2/c1-3-13(9-10-15)11(2)12(16)14-7-5-4-6-8-14/h11,15H,3-10H2,1-2H3. The lowest BCUT2D eigenvalue weighted by atomic mass is 10.1. The number of carbonyl (C=O) groups is 1. The smallest absolute Gasteiger partial charge is 0.239 e. The van der Waals surface area contributed by atoms with Crippen LogP contribution in [0.2, 0.25) is 0 Å². The van der Waals surface area contributed by atoms with E-state index in [1.165, 1.54) is 6.42 Å². The third-order valence-electron chi connectivity index (χ3n) is 3.37. The molecule has 4 heteroatoms. The van der Waals surface area contributed by atoms with Crippen LogP contribution >= 0.6 is 0 Å². The van der Waals surface area contributed by atoms with E-state index in [2.05, 4.69) is 0 Å². The third kappa shape index (κ3) is 3.46. The number of hydrogen-bond acceptors (Lipinski definition) is 3. The Balaban J connectivity index is 2.49. The van der Waals surface area contributed by atoms with Gasteiger partial charge in [-0.3, -0.25) is 9.69 Å². The Labute approximate surface area is 98.2 Å². The summed E-state index contributed by atoms with van der Waals surface area (Å²) in [5.74, 6) is 0.218. The summed E-state index contributed by atoms with van der Waals surface area (Å²) in [5, 5.41) is 8.94. The molecule has 1 rings (SSSR count). The molecule has 4 nitrogen and oxygen atoms in total. The fraction of sp³-hybridized carbons (Fsp3) is 0.917. The first-order chi connectivity index (χ1) is 7.70. The number of rotatable bonds is 5. The van der Waals surface area contributed by atoms with Gasteiger partial charge in [0, 0.05) is 19.6 Å². The van der Waals surface area contributed by atoms with Crippen LogP contribution in [0.1, 0.15) is 33.1 Å². The molecule has 0 radical (unpaired) electrons. The lowest BCUT2D eigenvalue weighted by molar-refractivity contribution is -0.137. The molecule has 1 saturated heterocycles. The maximum absolute atomic E-state index is 12.2. The van der Waals surface area contributed by atoms with Crippen molar-refractivity contribution in [1.29, 1.82) is 0 Å². The summed E-state index contributed by atoms with van der Waals surface area (Å²) in [6, 6.07) is -0.102. The number of piperidine rings is 1. The predicted octanol–water partition coefficient (Wildman–Crippen LogP) is 0.702. The first-order valence-electron chi connectivity index (χ1n) is 6.34. The van der Waals surface area contributed by atoms with Crippen LogP contribution in [0, 0.1) is 0 Å². The van der Waals surface area contributed by atoms with E-state index in [0.717, 1.165) is 32.5 Å². The average Bonchev–Trinajstić information content (AvgIpc) is 2.35. The fourth-order valence-electron chi connectivity index (χ4n) is 2.29. The maximum atomic E-state index is 12.2. The molecule has 94 valence electrons. The predicted molar refractivity (Wildman–Crippen MR) is 64.2 cm³/mol. The fourth-order valence-corrected chi connectivity index (χ4v) is 2.29. The minimum Gasteiger partial charge on any atom is -0.395 e. The number of aliphatic hydroxyl groups excluding tert-OH is 1. The molecule has 1 N–H and O–H groups in total. The van der Waals surface area contributed by atoms with Gasteiger partial charge in [0.25, 0.3) is 0 Å². The lowest BCUT2D eigenvalue weighted by Crippen LogP contribution is -2.49. The number of hydrogen-bond donors (Lipinski definition) is 1. The molecule has 1 unspecified atom stereocenters. The molecule has 0 aromatic rings. The highest BCUT2D eigenvalue weighted by molar-refractivity contribution is 5.81. The number of likely N-dealkylation sites (N-methyl/N-ethyl adjacent to an activating group) is 1. The Morgan fingerprint density at radius 1 is 1.38 bits per heavy atom. The zero-order valence-electron chi connectivity index (χ0n) is 10.5. The SMILES string of the molecule is CCN(CCO)C(C)C(=O)N1CCCCC1. The van der Waals surface area contributed by atoms with Crippen LogP contribution in [0.3, 0.4) is 0 Å². The van der Waals surface area contributed by atoms with Crippen LogP contribution in [-0.4, -0.2) is 59.6 Å². The molecule has 1 atom stereocenters. The molecular formula is C12H24N2O2. The van der Waals surface area contributed by atoms with E-state index in [9.17, 15) is 4.79 Å². The second kappa shape index (κ2) is 6.86. The molecule has 0 aromatic carbocycles. The maximum Gasteiger partial charge on any atom is 0.239 e. The van der Waals surface area contributed by atoms with Crippen LogP contribution in [0.25, 0.3) is 0 Å². The first-order valence-corrected chi connectivity index (χ1v) is 6.34. The minimum atomic E-state index is -0.102. The van der Waals surface area contributed by atoms with Gasteiger partial charge in [0.15, 0.2) is 0 Å². The van der Waals surface area contributed by atoms with Gasteiger partial charge in [-0.2, -0.15) is 0 Å². The number of aliphatic hydroxyl groups is 1. The molecule has 1 aliphatic heterocycles. The average molecular weight is 228 g/mol.